The van der Waals surface area contributed by atoms with Crippen molar-refractivity contribution < 1.29 is 24.4 Å². The zero-order valence-electron chi connectivity index (χ0n) is 14.1. The summed E-state index contributed by atoms with van der Waals surface area (Å²) < 4.78 is 4.79. The fourth-order valence-corrected chi connectivity index (χ4v) is 3.12. The maximum absolute atomic E-state index is 11.1. The first-order valence-electron chi connectivity index (χ1n) is 8.05. The molecule has 1 saturated heterocycles. The van der Waals surface area contributed by atoms with E-state index in [2.05, 4.69) is 4.98 Å². The molecule has 0 radical (unpaired) electrons. The van der Waals surface area contributed by atoms with Crippen LogP contribution in [-0.4, -0.2) is 40.2 Å². The average Bonchev–Trinajstić information content (AvgIpc) is 3.11. The molecule has 1 unspecified atom stereocenters. The Labute approximate surface area is 153 Å². The van der Waals surface area contributed by atoms with Gasteiger partial charge in [0.05, 0.1) is 16.8 Å². The Bertz CT molecular complexity index is 899. The second kappa shape index (κ2) is 7.28. The van der Waals surface area contributed by atoms with Crippen molar-refractivity contribution in [3.63, 3.8) is 0 Å². The number of ether oxygens (including phenoxy) is 1. The van der Waals surface area contributed by atoms with Crippen LogP contribution < -0.4 is 15.4 Å². The number of nitro groups is 1. The number of amides is 1. The van der Waals surface area contributed by atoms with Crippen LogP contribution in [0.25, 0.3) is 0 Å². The highest BCUT2D eigenvalue weighted by Crippen LogP contribution is 2.37. The molecule has 1 aromatic carbocycles. The summed E-state index contributed by atoms with van der Waals surface area (Å²) in [6.07, 6.45) is 0.699. The van der Waals surface area contributed by atoms with E-state index in [-0.39, 0.29) is 23.0 Å². The summed E-state index contributed by atoms with van der Waals surface area (Å²) in [6.45, 7) is 1.13. The fourth-order valence-electron chi connectivity index (χ4n) is 3.12. The van der Waals surface area contributed by atoms with Crippen molar-refractivity contribution >= 4 is 23.4 Å². The maximum Gasteiger partial charge on any atom is 0.511 e. The number of pyridine rings is 1. The predicted octanol–water partition coefficient (Wildman–Crippen LogP) is 2.14. The van der Waals surface area contributed by atoms with Gasteiger partial charge in [0.15, 0.2) is 0 Å². The van der Waals surface area contributed by atoms with E-state index in [1.165, 1.54) is 30.5 Å². The van der Waals surface area contributed by atoms with Gasteiger partial charge < -0.3 is 20.5 Å². The number of nitrogens with zero attached hydrogens (tertiary/aromatic N) is 3. The Kier molecular flexibility index (Phi) is 4.88. The Morgan fingerprint density at radius 1 is 1.33 bits per heavy atom. The Morgan fingerprint density at radius 2 is 2.11 bits per heavy atom. The molecule has 1 aliphatic heterocycles. The van der Waals surface area contributed by atoms with Gasteiger partial charge in [0.2, 0.25) is 0 Å². The summed E-state index contributed by atoms with van der Waals surface area (Å²) in [6, 6.07) is 7.10. The second-order valence-corrected chi connectivity index (χ2v) is 6.04. The molecule has 3 N–H and O–H groups in total. The van der Waals surface area contributed by atoms with Gasteiger partial charge in [0.25, 0.3) is 11.6 Å². The fraction of sp³-hybridized carbons (Fsp3) is 0.235. The second-order valence-electron chi connectivity index (χ2n) is 6.04. The van der Waals surface area contributed by atoms with Gasteiger partial charge in [-0.25, -0.2) is 9.78 Å². The lowest BCUT2D eigenvalue weighted by atomic mass is 9.97. The van der Waals surface area contributed by atoms with Crippen LogP contribution >= 0.6 is 0 Å². The lowest BCUT2D eigenvalue weighted by molar-refractivity contribution is -0.385. The molecule has 27 heavy (non-hydrogen) atoms. The number of non-ortho nitro benzene ring substituents is 1. The zero-order valence-corrected chi connectivity index (χ0v) is 14.1. The number of hydrogen-bond donors (Lipinski definition) is 2. The minimum atomic E-state index is -1.48. The number of primary amides is 1. The topological polar surface area (TPSA) is 149 Å². The summed E-state index contributed by atoms with van der Waals surface area (Å²) in [5, 5.41) is 20.0. The SMILES string of the molecule is NC(=O)c1ccc(N2CCC(c3cc([N+](=O)[O-])ccc3OC(=O)O)C2)cn1. The number of aromatic nitrogens is 1. The number of hydrogen-bond acceptors (Lipinski definition) is 7. The van der Waals surface area contributed by atoms with E-state index in [1.807, 2.05) is 4.90 Å². The summed E-state index contributed by atoms with van der Waals surface area (Å²) in [4.78, 5) is 38.6. The van der Waals surface area contributed by atoms with Gasteiger partial charge in [-0.05, 0) is 24.6 Å². The predicted molar refractivity (Wildman–Crippen MR) is 94.1 cm³/mol. The van der Waals surface area contributed by atoms with Crippen LogP contribution in [0.3, 0.4) is 0 Å². The van der Waals surface area contributed by atoms with Crippen molar-refractivity contribution in [1.29, 1.82) is 0 Å². The van der Waals surface area contributed by atoms with Crippen molar-refractivity contribution in [1.82, 2.24) is 4.98 Å². The number of carbonyl (C=O) groups is 2. The van der Waals surface area contributed by atoms with E-state index in [0.29, 0.717) is 25.1 Å². The highest BCUT2D eigenvalue weighted by Gasteiger charge is 2.29. The van der Waals surface area contributed by atoms with Gasteiger partial charge in [-0.1, -0.05) is 0 Å². The Balaban J connectivity index is 1.84. The normalized spacial score (nSPS) is 16.1. The standard InChI is InChI=1S/C17H16N4O6/c18-16(22)14-3-1-12(8-19-14)20-6-5-10(9-20)13-7-11(21(25)26)2-4-15(13)27-17(23)24/h1-4,7-8,10H,5-6,9H2,(H2,18,22)(H,23,24). The summed E-state index contributed by atoms with van der Waals surface area (Å²) in [5.74, 6) is -0.690. The van der Waals surface area contributed by atoms with Crippen molar-refractivity contribution in [3.05, 3.63) is 57.9 Å². The first-order chi connectivity index (χ1) is 12.8. The molecule has 2 aromatic rings. The first-order valence-corrected chi connectivity index (χ1v) is 8.05. The molecule has 10 nitrogen and oxygen atoms in total. The van der Waals surface area contributed by atoms with E-state index in [1.54, 1.807) is 6.07 Å². The summed E-state index contributed by atoms with van der Waals surface area (Å²) in [5.41, 5.74) is 6.45. The van der Waals surface area contributed by atoms with Crippen molar-refractivity contribution in [2.24, 2.45) is 5.73 Å². The van der Waals surface area contributed by atoms with Crippen LogP contribution in [0.4, 0.5) is 16.2 Å². The van der Waals surface area contributed by atoms with Crippen molar-refractivity contribution in [3.8, 4) is 5.75 Å². The molecule has 1 atom stereocenters. The van der Waals surface area contributed by atoms with E-state index >= 15 is 0 Å². The molecule has 0 bridgehead atoms. The van der Waals surface area contributed by atoms with Crippen LogP contribution in [0.15, 0.2) is 36.5 Å². The third-order valence-electron chi connectivity index (χ3n) is 4.40. The highest BCUT2D eigenvalue weighted by atomic mass is 16.7. The molecule has 1 amide bonds. The number of nitrogens with two attached hydrogens (primary N) is 1. The third-order valence-corrected chi connectivity index (χ3v) is 4.40. The molecule has 1 aliphatic rings. The largest absolute Gasteiger partial charge is 0.511 e. The molecule has 0 saturated carbocycles. The minimum Gasteiger partial charge on any atom is -0.449 e. The molecule has 0 aliphatic carbocycles. The molecule has 2 heterocycles. The molecule has 10 heteroatoms. The summed E-state index contributed by atoms with van der Waals surface area (Å²) in [7, 11) is 0. The molecule has 1 fully saturated rings. The van der Waals surface area contributed by atoms with Gasteiger partial charge in [0, 0.05) is 36.7 Å². The van der Waals surface area contributed by atoms with Crippen LogP contribution in [0.2, 0.25) is 0 Å². The van der Waals surface area contributed by atoms with Crippen LogP contribution in [-0.2, 0) is 0 Å². The summed E-state index contributed by atoms with van der Waals surface area (Å²) >= 11 is 0. The van der Waals surface area contributed by atoms with Gasteiger partial charge >= 0.3 is 6.16 Å². The molecular weight excluding hydrogens is 356 g/mol. The Hall–Kier alpha value is -3.69. The van der Waals surface area contributed by atoms with Gasteiger partial charge in [-0.2, -0.15) is 0 Å². The van der Waals surface area contributed by atoms with Crippen molar-refractivity contribution in [2.45, 2.75) is 12.3 Å². The molecule has 1 aromatic heterocycles. The van der Waals surface area contributed by atoms with Crippen LogP contribution in [0.5, 0.6) is 5.75 Å². The maximum atomic E-state index is 11.1. The lowest BCUT2D eigenvalue weighted by Gasteiger charge is -2.19. The number of benzene rings is 1. The number of carbonyl (C=O) groups excluding carboxylic acids is 1. The smallest absolute Gasteiger partial charge is 0.449 e. The average molecular weight is 372 g/mol. The molecule has 0 spiro atoms. The van der Waals surface area contributed by atoms with E-state index in [9.17, 15) is 19.7 Å². The van der Waals surface area contributed by atoms with Crippen molar-refractivity contribution in [2.75, 3.05) is 18.0 Å². The Morgan fingerprint density at radius 3 is 2.70 bits per heavy atom. The zero-order chi connectivity index (χ0) is 19.6. The number of anilines is 1. The number of carboxylic acid groups (broad SMARTS) is 1. The lowest BCUT2D eigenvalue weighted by Crippen LogP contribution is -2.20. The monoisotopic (exact) mass is 372 g/mol. The molecule has 3 rings (SSSR count). The first kappa shape index (κ1) is 18.1. The minimum absolute atomic E-state index is 0.0853. The van der Waals surface area contributed by atoms with Crippen LogP contribution in [0, 0.1) is 10.1 Å². The van der Waals surface area contributed by atoms with E-state index in [0.717, 1.165) is 5.69 Å². The van der Waals surface area contributed by atoms with Gasteiger partial charge in [0.1, 0.15) is 11.4 Å². The van der Waals surface area contributed by atoms with Gasteiger partial charge in [-0.3, -0.25) is 14.9 Å². The quantitative estimate of drug-likeness (QED) is 0.351. The highest BCUT2D eigenvalue weighted by molar-refractivity contribution is 5.90. The number of rotatable bonds is 5. The number of nitro benzene ring substituents is 1. The van der Waals surface area contributed by atoms with Gasteiger partial charge in [-0.15, -0.1) is 0 Å². The van der Waals surface area contributed by atoms with Crippen LogP contribution in [0.1, 0.15) is 28.4 Å². The third kappa shape index (κ3) is 3.94. The molecular formula is C17H16N4O6. The van der Waals surface area contributed by atoms with E-state index < -0.39 is 17.0 Å². The van der Waals surface area contributed by atoms with E-state index in [4.69, 9.17) is 15.6 Å². The molecule has 140 valence electrons.